The van der Waals surface area contributed by atoms with Gasteiger partial charge in [-0.1, -0.05) is 6.92 Å². The highest BCUT2D eigenvalue weighted by Gasteiger charge is 2.29. The van der Waals surface area contributed by atoms with E-state index in [2.05, 4.69) is 18.4 Å². The van der Waals surface area contributed by atoms with Gasteiger partial charge in [-0.05, 0) is 60.5 Å². The van der Waals surface area contributed by atoms with Crippen molar-refractivity contribution >= 4 is 17.2 Å². The van der Waals surface area contributed by atoms with Crippen LogP contribution in [0.1, 0.15) is 42.7 Å². The number of nitrogens with zero attached hydrogens (tertiary/aromatic N) is 1. The molecule has 0 spiro atoms. The Balaban J connectivity index is 1.49. The second-order valence-corrected chi connectivity index (χ2v) is 6.97. The zero-order valence-electron chi connectivity index (χ0n) is 13.8. The van der Waals surface area contributed by atoms with Gasteiger partial charge in [-0.15, -0.1) is 11.3 Å². The maximum atomic E-state index is 12.8. The molecule has 2 aromatic rings. The Labute approximate surface area is 146 Å². The van der Waals surface area contributed by atoms with E-state index in [0.717, 1.165) is 19.4 Å². The first kappa shape index (κ1) is 17.0. The molecule has 0 N–H and O–H groups in total. The van der Waals surface area contributed by atoms with E-state index in [9.17, 15) is 9.18 Å². The fourth-order valence-corrected chi connectivity index (χ4v) is 4.15. The number of amides is 1. The minimum atomic E-state index is -0.277. The Bertz CT molecular complexity index is 683. The number of fused-ring (bicyclic) bond motifs is 1. The first-order valence-corrected chi connectivity index (χ1v) is 9.31. The van der Waals surface area contributed by atoms with Crippen molar-refractivity contribution in [3.8, 4) is 5.75 Å². The van der Waals surface area contributed by atoms with E-state index < -0.39 is 0 Å². The smallest absolute Gasteiger partial charge is 0.223 e. The number of carbonyl (C=O) groups excluding carboxylic acids is 1. The molecule has 0 saturated carbocycles. The molecule has 1 aliphatic heterocycles. The van der Waals surface area contributed by atoms with Crippen molar-refractivity contribution in [1.29, 1.82) is 0 Å². The third-order valence-electron chi connectivity index (χ3n) is 4.42. The first-order chi connectivity index (χ1) is 11.7. The maximum Gasteiger partial charge on any atom is 0.223 e. The van der Waals surface area contributed by atoms with E-state index in [1.807, 2.05) is 4.90 Å². The van der Waals surface area contributed by atoms with Crippen LogP contribution in [0.5, 0.6) is 5.75 Å². The van der Waals surface area contributed by atoms with Gasteiger partial charge in [0.1, 0.15) is 11.6 Å². The number of halogens is 1. The topological polar surface area (TPSA) is 29.5 Å². The Morgan fingerprint density at radius 3 is 2.88 bits per heavy atom. The van der Waals surface area contributed by atoms with Crippen LogP contribution in [0.4, 0.5) is 4.39 Å². The minimum absolute atomic E-state index is 0.196. The van der Waals surface area contributed by atoms with Gasteiger partial charge in [0.05, 0.1) is 12.6 Å². The van der Waals surface area contributed by atoms with Crippen molar-refractivity contribution < 1.29 is 13.9 Å². The summed E-state index contributed by atoms with van der Waals surface area (Å²) in [5.74, 6) is 0.554. The summed E-state index contributed by atoms with van der Waals surface area (Å²) >= 11 is 1.79. The van der Waals surface area contributed by atoms with Gasteiger partial charge in [-0.25, -0.2) is 4.39 Å². The number of benzene rings is 1. The van der Waals surface area contributed by atoms with Crippen molar-refractivity contribution in [1.82, 2.24) is 4.90 Å². The molecule has 3 rings (SSSR count). The van der Waals surface area contributed by atoms with E-state index in [-0.39, 0.29) is 17.8 Å². The summed E-state index contributed by atoms with van der Waals surface area (Å²) < 4.78 is 18.4. The van der Waals surface area contributed by atoms with Crippen molar-refractivity contribution in [2.24, 2.45) is 0 Å². The molecule has 0 bridgehead atoms. The highest BCUT2D eigenvalue weighted by atomic mass is 32.1. The lowest BCUT2D eigenvalue weighted by Gasteiger charge is -2.35. The predicted molar refractivity (Wildman–Crippen MR) is 93.9 cm³/mol. The van der Waals surface area contributed by atoms with Gasteiger partial charge in [0, 0.05) is 17.8 Å². The molecule has 1 aromatic heterocycles. The van der Waals surface area contributed by atoms with Crippen molar-refractivity contribution in [2.45, 2.75) is 38.6 Å². The molecule has 3 nitrogen and oxygen atoms in total. The molecule has 1 aromatic carbocycles. The Morgan fingerprint density at radius 2 is 2.12 bits per heavy atom. The first-order valence-electron chi connectivity index (χ1n) is 8.43. The molecule has 5 heteroatoms. The maximum absolute atomic E-state index is 12.8. The zero-order valence-corrected chi connectivity index (χ0v) is 14.7. The van der Waals surface area contributed by atoms with Gasteiger partial charge >= 0.3 is 0 Å². The van der Waals surface area contributed by atoms with Crippen LogP contribution in [-0.4, -0.2) is 24.0 Å². The summed E-state index contributed by atoms with van der Waals surface area (Å²) in [7, 11) is 0. The summed E-state index contributed by atoms with van der Waals surface area (Å²) in [5.41, 5.74) is 1.32. The summed E-state index contributed by atoms with van der Waals surface area (Å²) in [6, 6.07) is 8.33. The van der Waals surface area contributed by atoms with Gasteiger partial charge < -0.3 is 9.64 Å². The highest BCUT2D eigenvalue weighted by Crippen LogP contribution is 2.35. The normalized spacial score (nSPS) is 16.8. The molecular formula is C19H22FNO2S. The lowest BCUT2D eigenvalue weighted by Crippen LogP contribution is -2.39. The van der Waals surface area contributed by atoms with Crippen LogP contribution in [0, 0.1) is 5.82 Å². The summed E-state index contributed by atoms with van der Waals surface area (Å²) in [4.78, 5) is 16.0. The molecule has 1 aliphatic rings. The molecule has 1 unspecified atom stereocenters. The number of ether oxygens (including phenoxy) is 1. The monoisotopic (exact) mass is 347 g/mol. The molecular weight excluding hydrogens is 325 g/mol. The van der Waals surface area contributed by atoms with Crippen LogP contribution in [0.3, 0.4) is 0 Å². The minimum Gasteiger partial charge on any atom is -0.494 e. The molecule has 0 fully saturated rings. The molecule has 2 heterocycles. The van der Waals surface area contributed by atoms with Crippen molar-refractivity contribution in [2.75, 3.05) is 13.2 Å². The fraction of sp³-hybridized carbons (Fsp3) is 0.421. The van der Waals surface area contributed by atoms with Gasteiger partial charge in [0.2, 0.25) is 5.91 Å². The van der Waals surface area contributed by atoms with E-state index >= 15 is 0 Å². The van der Waals surface area contributed by atoms with Crippen LogP contribution in [-0.2, 0) is 11.2 Å². The quantitative estimate of drug-likeness (QED) is 0.716. The van der Waals surface area contributed by atoms with E-state index in [0.29, 0.717) is 25.2 Å². The van der Waals surface area contributed by atoms with Crippen LogP contribution < -0.4 is 4.74 Å². The molecule has 0 saturated heterocycles. The average Bonchev–Trinajstić information content (AvgIpc) is 3.08. The molecule has 1 atom stereocenters. The molecule has 1 amide bonds. The standard InChI is InChI=1S/C19H22FNO2S/c1-2-17-16-10-13-24-18(16)9-11-21(17)19(22)4-3-12-23-15-7-5-14(20)6-8-15/h5-8,10,13,17H,2-4,9,11-12H2,1H3. The van der Waals surface area contributed by atoms with Crippen LogP contribution in [0.2, 0.25) is 0 Å². The van der Waals surface area contributed by atoms with Crippen LogP contribution in [0.15, 0.2) is 35.7 Å². The number of hydrogen-bond donors (Lipinski definition) is 0. The number of thiophene rings is 1. The highest BCUT2D eigenvalue weighted by molar-refractivity contribution is 7.10. The van der Waals surface area contributed by atoms with E-state index in [1.54, 1.807) is 23.5 Å². The van der Waals surface area contributed by atoms with Gasteiger partial charge in [0.25, 0.3) is 0 Å². The molecule has 0 aliphatic carbocycles. The van der Waals surface area contributed by atoms with Crippen molar-refractivity contribution in [3.63, 3.8) is 0 Å². The predicted octanol–water partition coefficient (Wildman–Crippen LogP) is 4.58. The molecule has 0 radical (unpaired) electrons. The molecule has 24 heavy (non-hydrogen) atoms. The number of hydrogen-bond acceptors (Lipinski definition) is 3. The number of rotatable bonds is 6. The fourth-order valence-electron chi connectivity index (χ4n) is 3.22. The van der Waals surface area contributed by atoms with E-state index in [4.69, 9.17) is 4.74 Å². The largest absolute Gasteiger partial charge is 0.494 e. The summed E-state index contributed by atoms with van der Waals surface area (Å²) in [5, 5.41) is 2.12. The lowest BCUT2D eigenvalue weighted by atomic mass is 9.97. The zero-order chi connectivity index (χ0) is 16.9. The van der Waals surface area contributed by atoms with Crippen LogP contribution in [0.25, 0.3) is 0 Å². The third kappa shape index (κ3) is 3.78. The Kier molecular flexibility index (Phi) is 5.51. The average molecular weight is 347 g/mol. The summed E-state index contributed by atoms with van der Waals surface area (Å²) in [6.45, 7) is 3.41. The van der Waals surface area contributed by atoms with Crippen LogP contribution >= 0.6 is 11.3 Å². The van der Waals surface area contributed by atoms with Gasteiger partial charge in [0.15, 0.2) is 0 Å². The number of carbonyl (C=O) groups is 1. The van der Waals surface area contributed by atoms with E-state index in [1.165, 1.54) is 22.6 Å². The molecule has 128 valence electrons. The Morgan fingerprint density at radius 1 is 1.33 bits per heavy atom. The lowest BCUT2D eigenvalue weighted by molar-refractivity contribution is -0.134. The van der Waals surface area contributed by atoms with Crippen molar-refractivity contribution in [3.05, 3.63) is 52.0 Å². The Hall–Kier alpha value is -1.88. The third-order valence-corrected chi connectivity index (χ3v) is 5.42. The summed E-state index contributed by atoms with van der Waals surface area (Å²) in [6.07, 6.45) is 3.06. The second kappa shape index (κ2) is 7.79. The van der Waals surface area contributed by atoms with Gasteiger partial charge in [-0.3, -0.25) is 4.79 Å². The van der Waals surface area contributed by atoms with Gasteiger partial charge in [-0.2, -0.15) is 0 Å². The second-order valence-electron chi connectivity index (χ2n) is 5.97. The SMILES string of the molecule is CCC1c2ccsc2CCN1C(=O)CCCOc1ccc(F)cc1.